The Bertz CT molecular complexity index is 490. The van der Waals surface area contributed by atoms with Crippen LogP contribution in [0.25, 0.3) is 10.9 Å². The van der Waals surface area contributed by atoms with Crippen LogP contribution in [0, 0.1) is 0 Å². The lowest BCUT2D eigenvalue weighted by Gasteiger charge is -2.00. The van der Waals surface area contributed by atoms with Crippen LogP contribution in [0.4, 0.5) is 0 Å². The van der Waals surface area contributed by atoms with Gasteiger partial charge in [0.15, 0.2) is 0 Å². The molecule has 0 saturated heterocycles. The van der Waals surface area contributed by atoms with Crippen LogP contribution in [-0.4, -0.2) is 15.4 Å². The molecule has 3 heteroatoms. The summed E-state index contributed by atoms with van der Waals surface area (Å²) in [5.74, 6) is 2.47. The average Bonchev–Trinajstić information content (AvgIpc) is 2.66. The zero-order valence-corrected chi connectivity index (χ0v) is 10.5. The molecule has 1 N–H and O–H groups in total. The van der Waals surface area contributed by atoms with E-state index < -0.39 is 0 Å². The summed E-state index contributed by atoms with van der Waals surface area (Å²) in [6, 6.07) is 5.74. The molecule has 0 saturated carbocycles. The third kappa shape index (κ3) is 1.92. The molecule has 0 unspecified atom stereocenters. The van der Waals surface area contributed by atoms with Crippen LogP contribution in [0.3, 0.4) is 0 Å². The minimum Gasteiger partial charge on any atom is -0.507 e. The first-order valence-electron chi connectivity index (χ1n) is 5.65. The molecular formula is C13H17NOS. The lowest BCUT2D eigenvalue weighted by atomic mass is 10.2. The van der Waals surface area contributed by atoms with E-state index in [0.29, 0.717) is 5.75 Å². The lowest BCUT2D eigenvalue weighted by molar-refractivity contribution is 0.481. The number of fused-ring (bicyclic) bond motifs is 1. The Morgan fingerprint density at radius 2 is 2.12 bits per heavy atom. The maximum absolute atomic E-state index is 9.94. The normalized spacial score (nSPS) is 11.1. The van der Waals surface area contributed by atoms with Crippen molar-refractivity contribution in [2.45, 2.75) is 26.1 Å². The van der Waals surface area contributed by atoms with E-state index in [-0.39, 0.29) is 0 Å². The predicted octanol–water partition coefficient (Wildman–Crippen LogP) is 3.62. The van der Waals surface area contributed by atoms with Crippen molar-refractivity contribution in [2.24, 2.45) is 0 Å². The van der Waals surface area contributed by atoms with E-state index in [4.69, 9.17) is 0 Å². The minimum absolute atomic E-state index is 0.399. The number of thioether (sulfide) groups is 1. The fourth-order valence-corrected chi connectivity index (χ4v) is 2.64. The van der Waals surface area contributed by atoms with Crippen molar-refractivity contribution in [1.29, 1.82) is 0 Å². The quantitative estimate of drug-likeness (QED) is 0.875. The summed E-state index contributed by atoms with van der Waals surface area (Å²) in [5.41, 5.74) is 2.37. The second-order valence-corrected chi connectivity index (χ2v) is 5.02. The van der Waals surface area contributed by atoms with Gasteiger partial charge in [0, 0.05) is 23.9 Å². The number of aromatic nitrogens is 1. The molecule has 16 heavy (non-hydrogen) atoms. The molecule has 0 fully saturated rings. The van der Waals surface area contributed by atoms with Crippen molar-refractivity contribution in [3.05, 3.63) is 30.0 Å². The van der Waals surface area contributed by atoms with Gasteiger partial charge in [-0.1, -0.05) is 13.0 Å². The number of phenols is 1. The molecule has 1 aromatic carbocycles. The topological polar surface area (TPSA) is 25.2 Å². The Hall–Kier alpha value is -1.09. The van der Waals surface area contributed by atoms with Gasteiger partial charge in [-0.2, -0.15) is 11.8 Å². The van der Waals surface area contributed by atoms with Crippen molar-refractivity contribution in [1.82, 2.24) is 4.57 Å². The molecule has 0 atom stereocenters. The summed E-state index contributed by atoms with van der Waals surface area (Å²) in [4.78, 5) is 0. The summed E-state index contributed by atoms with van der Waals surface area (Å²) in [5, 5.41) is 11.0. The summed E-state index contributed by atoms with van der Waals surface area (Å²) in [6.07, 6.45) is 2.16. The number of hydrogen-bond acceptors (Lipinski definition) is 2. The number of rotatable bonds is 4. The van der Waals surface area contributed by atoms with Crippen molar-refractivity contribution < 1.29 is 5.11 Å². The second-order valence-electron chi connectivity index (χ2n) is 3.75. The predicted molar refractivity (Wildman–Crippen MR) is 71.1 cm³/mol. The van der Waals surface area contributed by atoms with Crippen LogP contribution in [0.1, 0.15) is 19.4 Å². The summed E-state index contributed by atoms with van der Waals surface area (Å²) < 4.78 is 2.20. The Balaban J connectivity index is 2.55. The van der Waals surface area contributed by atoms with Crippen LogP contribution >= 0.6 is 11.8 Å². The van der Waals surface area contributed by atoms with Gasteiger partial charge in [-0.25, -0.2) is 0 Å². The van der Waals surface area contributed by atoms with E-state index in [0.717, 1.165) is 29.0 Å². The van der Waals surface area contributed by atoms with Crippen molar-refractivity contribution in [2.75, 3.05) is 5.75 Å². The molecule has 1 heterocycles. The first-order chi connectivity index (χ1) is 7.77. The Morgan fingerprint density at radius 3 is 2.81 bits per heavy atom. The van der Waals surface area contributed by atoms with Crippen LogP contribution in [0.2, 0.25) is 0 Å². The largest absolute Gasteiger partial charge is 0.507 e. The van der Waals surface area contributed by atoms with Crippen LogP contribution in [0.5, 0.6) is 5.75 Å². The smallest absolute Gasteiger partial charge is 0.125 e. The highest BCUT2D eigenvalue weighted by Crippen LogP contribution is 2.31. The van der Waals surface area contributed by atoms with E-state index in [1.165, 1.54) is 5.56 Å². The van der Waals surface area contributed by atoms with Gasteiger partial charge in [0.1, 0.15) is 5.75 Å². The van der Waals surface area contributed by atoms with E-state index in [1.807, 2.05) is 17.8 Å². The van der Waals surface area contributed by atoms with Gasteiger partial charge < -0.3 is 9.67 Å². The molecule has 1 aromatic heterocycles. The van der Waals surface area contributed by atoms with Crippen molar-refractivity contribution >= 4 is 22.7 Å². The molecule has 2 aromatic rings. The minimum atomic E-state index is 0.399. The first kappa shape index (κ1) is 11.4. The monoisotopic (exact) mass is 235 g/mol. The number of nitrogens with zero attached hydrogens (tertiary/aromatic N) is 1. The first-order valence-corrected chi connectivity index (χ1v) is 6.80. The zero-order chi connectivity index (χ0) is 11.5. The van der Waals surface area contributed by atoms with Crippen molar-refractivity contribution in [3.8, 4) is 5.75 Å². The van der Waals surface area contributed by atoms with Crippen molar-refractivity contribution in [3.63, 3.8) is 0 Å². The molecule has 2 rings (SSSR count). The number of phenolic OH excluding ortho intramolecular Hbond substituents is 1. The van der Waals surface area contributed by atoms with Crippen LogP contribution in [-0.2, 0) is 12.3 Å². The maximum Gasteiger partial charge on any atom is 0.125 e. The van der Waals surface area contributed by atoms with Crippen LogP contribution in [0.15, 0.2) is 24.4 Å². The molecule has 2 nitrogen and oxygen atoms in total. The number of hydrogen-bond donors (Lipinski definition) is 1. The lowest BCUT2D eigenvalue weighted by Crippen LogP contribution is -1.89. The average molecular weight is 235 g/mol. The van der Waals surface area contributed by atoms with E-state index in [2.05, 4.69) is 30.7 Å². The van der Waals surface area contributed by atoms with Gasteiger partial charge in [-0.3, -0.25) is 0 Å². The Labute approximate surface area is 100 Å². The van der Waals surface area contributed by atoms with Gasteiger partial charge >= 0.3 is 0 Å². The van der Waals surface area contributed by atoms with Gasteiger partial charge in [0.2, 0.25) is 0 Å². The van der Waals surface area contributed by atoms with E-state index >= 15 is 0 Å². The van der Waals surface area contributed by atoms with Gasteiger partial charge in [-0.15, -0.1) is 0 Å². The molecule has 0 radical (unpaired) electrons. The summed E-state index contributed by atoms with van der Waals surface area (Å²) in [6.45, 7) is 5.22. The third-order valence-electron chi connectivity index (χ3n) is 2.77. The van der Waals surface area contributed by atoms with Gasteiger partial charge in [0.25, 0.3) is 0 Å². The maximum atomic E-state index is 9.94. The Morgan fingerprint density at radius 1 is 1.31 bits per heavy atom. The molecule has 0 aliphatic heterocycles. The molecule has 86 valence electrons. The van der Waals surface area contributed by atoms with Crippen LogP contribution < -0.4 is 0 Å². The molecule has 0 spiro atoms. The molecule has 0 amide bonds. The number of aryl methyl sites for hydroxylation is 1. The fraction of sp³-hybridized carbons (Fsp3) is 0.385. The molecular weight excluding hydrogens is 218 g/mol. The summed E-state index contributed by atoms with van der Waals surface area (Å²) in [7, 11) is 0. The molecule has 0 aliphatic rings. The Kier molecular flexibility index (Phi) is 3.44. The number of aromatic hydroxyl groups is 1. The highest BCUT2D eigenvalue weighted by molar-refractivity contribution is 7.98. The summed E-state index contributed by atoms with van der Waals surface area (Å²) >= 11 is 1.88. The van der Waals surface area contributed by atoms with E-state index in [1.54, 1.807) is 6.07 Å². The van der Waals surface area contributed by atoms with Gasteiger partial charge in [0.05, 0.1) is 5.52 Å². The molecule has 0 bridgehead atoms. The molecule has 0 aliphatic carbocycles. The fourth-order valence-electron chi connectivity index (χ4n) is 2.00. The van der Waals surface area contributed by atoms with E-state index in [9.17, 15) is 5.11 Å². The highest BCUT2D eigenvalue weighted by Gasteiger charge is 2.10. The standard InChI is InChI=1S/C13H17NOS/c1-3-14-8-10(9-16-4-2)13-11(14)6-5-7-12(13)15/h5-8,15H,3-4,9H2,1-2H3. The third-order valence-corrected chi connectivity index (χ3v) is 3.69. The number of benzene rings is 1. The zero-order valence-electron chi connectivity index (χ0n) is 9.73. The SMILES string of the molecule is CCSCc1cn(CC)c2cccc(O)c12. The second kappa shape index (κ2) is 4.83. The van der Waals surface area contributed by atoms with Gasteiger partial charge in [-0.05, 0) is 30.4 Å². The highest BCUT2D eigenvalue weighted by atomic mass is 32.2.